The summed E-state index contributed by atoms with van der Waals surface area (Å²) in [7, 11) is 0. The molecule has 0 atom stereocenters. The van der Waals surface area contributed by atoms with E-state index in [1.807, 2.05) is 12.1 Å². The summed E-state index contributed by atoms with van der Waals surface area (Å²) in [6.45, 7) is 0. The average Bonchev–Trinajstić information content (AvgIpc) is 3.47. The lowest BCUT2D eigenvalue weighted by molar-refractivity contribution is 0.669. The molecule has 0 aliphatic carbocycles. The molecular formula is C32H19NO. The van der Waals surface area contributed by atoms with E-state index >= 15 is 0 Å². The number of para-hydroxylation sites is 2. The van der Waals surface area contributed by atoms with Gasteiger partial charge in [-0.2, -0.15) is 0 Å². The number of fused-ring (bicyclic) bond motifs is 11. The van der Waals surface area contributed by atoms with Crippen molar-refractivity contribution in [3.8, 4) is 11.1 Å². The minimum atomic E-state index is 0.919. The van der Waals surface area contributed by atoms with Crippen LogP contribution in [-0.2, 0) is 0 Å². The molecule has 6 aromatic carbocycles. The molecule has 0 aliphatic heterocycles. The van der Waals surface area contributed by atoms with Crippen molar-refractivity contribution in [3.05, 3.63) is 109 Å². The molecule has 0 bridgehead atoms. The second kappa shape index (κ2) is 6.49. The van der Waals surface area contributed by atoms with Crippen molar-refractivity contribution in [2.24, 2.45) is 0 Å². The van der Waals surface area contributed by atoms with Gasteiger partial charge in [-0.3, -0.25) is 0 Å². The van der Waals surface area contributed by atoms with E-state index in [1.165, 1.54) is 43.4 Å². The van der Waals surface area contributed by atoms with Gasteiger partial charge < -0.3 is 9.40 Å². The van der Waals surface area contributed by atoms with Gasteiger partial charge in [-0.15, -0.1) is 0 Å². The van der Waals surface area contributed by atoms with Gasteiger partial charge >= 0.3 is 0 Å². The third-order valence-electron chi connectivity index (χ3n) is 7.21. The fourth-order valence-electron chi connectivity index (χ4n) is 5.71. The number of furan rings is 1. The molecule has 0 unspecified atom stereocenters. The van der Waals surface area contributed by atoms with Crippen LogP contribution in [0.25, 0.3) is 76.4 Å². The highest BCUT2D eigenvalue weighted by Gasteiger charge is 2.16. The minimum absolute atomic E-state index is 0.919. The second-order valence-electron chi connectivity index (χ2n) is 9.00. The van der Waals surface area contributed by atoms with Crippen molar-refractivity contribution >= 4 is 65.3 Å². The van der Waals surface area contributed by atoms with Crippen LogP contribution in [0.3, 0.4) is 0 Å². The van der Waals surface area contributed by atoms with Gasteiger partial charge in [0.15, 0.2) is 0 Å². The zero-order valence-electron chi connectivity index (χ0n) is 18.3. The summed E-state index contributed by atoms with van der Waals surface area (Å²) in [5, 5.41) is 9.96. The van der Waals surface area contributed by atoms with Crippen molar-refractivity contribution in [1.29, 1.82) is 0 Å². The first kappa shape index (κ1) is 17.9. The van der Waals surface area contributed by atoms with Crippen molar-refractivity contribution in [1.82, 2.24) is 4.98 Å². The number of benzene rings is 6. The third kappa shape index (κ3) is 2.29. The molecule has 2 aromatic heterocycles. The second-order valence-corrected chi connectivity index (χ2v) is 9.00. The molecule has 2 nitrogen and oxygen atoms in total. The maximum atomic E-state index is 6.19. The summed E-state index contributed by atoms with van der Waals surface area (Å²) in [5.41, 5.74) is 6.54. The zero-order valence-corrected chi connectivity index (χ0v) is 18.3. The average molecular weight is 434 g/mol. The van der Waals surface area contributed by atoms with E-state index in [0.29, 0.717) is 0 Å². The molecule has 0 spiro atoms. The summed E-state index contributed by atoms with van der Waals surface area (Å²) in [4.78, 5) is 3.82. The van der Waals surface area contributed by atoms with Crippen LogP contribution in [0.15, 0.2) is 114 Å². The van der Waals surface area contributed by atoms with Crippen LogP contribution >= 0.6 is 0 Å². The summed E-state index contributed by atoms with van der Waals surface area (Å²) in [5.74, 6) is 0. The van der Waals surface area contributed by atoms with Crippen molar-refractivity contribution in [2.75, 3.05) is 0 Å². The molecule has 0 aliphatic rings. The van der Waals surface area contributed by atoms with E-state index < -0.39 is 0 Å². The molecule has 0 radical (unpaired) electrons. The Bertz CT molecular complexity index is 2070. The molecule has 0 saturated carbocycles. The number of nitrogens with one attached hydrogen (secondary N) is 1. The fourth-order valence-corrected chi connectivity index (χ4v) is 5.71. The van der Waals surface area contributed by atoms with E-state index in [4.69, 9.17) is 4.42 Å². The maximum absolute atomic E-state index is 6.19. The smallest absolute Gasteiger partial charge is 0.136 e. The SMILES string of the molecule is c1ccc2c(c1)oc1cc(-c3cccc4c3[nH]c3c5ccccc5c5ccccc5c43)ccc12. The fraction of sp³-hybridized carbons (Fsp3) is 0. The van der Waals surface area contributed by atoms with E-state index in [9.17, 15) is 0 Å². The Morgan fingerprint density at radius 1 is 0.441 bits per heavy atom. The lowest BCUT2D eigenvalue weighted by Gasteiger charge is -2.07. The third-order valence-corrected chi connectivity index (χ3v) is 7.21. The molecule has 0 amide bonds. The molecule has 0 fully saturated rings. The largest absolute Gasteiger partial charge is 0.456 e. The predicted molar refractivity (Wildman–Crippen MR) is 144 cm³/mol. The van der Waals surface area contributed by atoms with E-state index in [-0.39, 0.29) is 0 Å². The van der Waals surface area contributed by atoms with Crippen LogP contribution < -0.4 is 0 Å². The van der Waals surface area contributed by atoms with Gasteiger partial charge in [0.25, 0.3) is 0 Å². The highest BCUT2D eigenvalue weighted by Crippen LogP contribution is 2.42. The van der Waals surface area contributed by atoms with Gasteiger partial charge in [-0.25, -0.2) is 0 Å². The van der Waals surface area contributed by atoms with Gasteiger partial charge in [0.2, 0.25) is 0 Å². The first-order valence-corrected chi connectivity index (χ1v) is 11.6. The first-order valence-electron chi connectivity index (χ1n) is 11.6. The van der Waals surface area contributed by atoms with E-state index in [0.717, 1.165) is 33.0 Å². The molecular weight excluding hydrogens is 414 g/mol. The van der Waals surface area contributed by atoms with Crippen LogP contribution in [0.1, 0.15) is 0 Å². The van der Waals surface area contributed by atoms with Gasteiger partial charge in [0.1, 0.15) is 11.2 Å². The molecule has 8 rings (SSSR count). The number of aromatic nitrogens is 1. The topological polar surface area (TPSA) is 28.9 Å². The highest BCUT2D eigenvalue weighted by molar-refractivity contribution is 6.32. The Kier molecular flexibility index (Phi) is 3.42. The van der Waals surface area contributed by atoms with Gasteiger partial charge in [-0.05, 0) is 39.9 Å². The summed E-state index contributed by atoms with van der Waals surface area (Å²) >= 11 is 0. The standard InChI is InChI=1S/C32H19NO/c1-3-11-25-21(8-1)22-9-2-4-12-26(22)32-30(25)27-14-7-13-20(31(27)33-32)19-16-17-24-23-10-5-6-15-28(23)34-29(24)18-19/h1-18,33H. The quantitative estimate of drug-likeness (QED) is 0.257. The Morgan fingerprint density at radius 2 is 1.09 bits per heavy atom. The van der Waals surface area contributed by atoms with Crippen LogP contribution in [0.5, 0.6) is 0 Å². The molecule has 2 heteroatoms. The summed E-state index contributed by atoms with van der Waals surface area (Å²) < 4.78 is 6.19. The zero-order chi connectivity index (χ0) is 22.2. The van der Waals surface area contributed by atoms with E-state index in [2.05, 4.69) is 102 Å². The van der Waals surface area contributed by atoms with Gasteiger partial charge in [0, 0.05) is 32.5 Å². The first-order chi connectivity index (χ1) is 16.9. The Hall–Kier alpha value is -4.56. The maximum Gasteiger partial charge on any atom is 0.136 e. The van der Waals surface area contributed by atoms with Gasteiger partial charge in [0.05, 0.1) is 11.0 Å². The Balaban J connectivity index is 1.49. The molecule has 8 aromatic rings. The van der Waals surface area contributed by atoms with Crippen LogP contribution in [-0.4, -0.2) is 4.98 Å². The summed E-state index contributed by atoms with van der Waals surface area (Å²) in [6, 6.07) is 38.8. The van der Waals surface area contributed by atoms with Crippen molar-refractivity contribution in [3.63, 3.8) is 0 Å². The number of hydrogen-bond acceptors (Lipinski definition) is 1. The van der Waals surface area contributed by atoms with Crippen molar-refractivity contribution in [2.45, 2.75) is 0 Å². The molecule has 1 N–H and O–H groups in total. The molecule has 2 heterocycles. The van der Waals surface area contributed by atoms with Crippen molar-refractivity contribution < 1.29 is 4.42 Å². The highest BCUT2D eigenvalue weighted by atomic mass is 16.3. The minimum Gasteiger partial charge on any atom is -0.456 e. The Labute approximate surface area is 195 Å². The molecule has 34 heavy (non-hydrogen) atoms. The number of rotatable bonds is 1. The van der Waals surface area contributed by atoms with E-state index in [1.54, 1.807) is 0 Å². The Morgan fingerprint density at radius 3 is 1.94 bits per heavy atom. The molecule has 0 saturated heterocycles. The number of hydrogen-bond donors (Lipinski definition) is 1. The normalized spacial score (nSPS) is 12.1. The lowest BCUT2D eigenvalue weighted by Crippen LogP contribution is -1.80. The molecule has 158 valence electrons. The lowest BCUT2D eigenvalue weighted by atomic mass is 9.96. The van der Waals surface area contributed by atoms with Gasteiger partial charge in [-0.1, -0.05) is 91.0 Å². The predicted octanol–water partition coefficient (Wildman–Crippen LogP) is 9.19. The monoisotopic (exact) mass is 433 g/mol. The van der Waals surface area contributed by atoms with Crippen LogP contribution in [0.2, 0.25) is 0 Å². The van der Waals surface area contributed by atoms with Crippen LogP contribution in [0, 0.1) is 0 Å². The number of H-pyrrole nitrogens is 1. The van der Waals surface area contributed by atoms with Crippen LogP contribution in [0.4, 0.5) is 0 Å². The summed E-state index contributed by atoms with van der Waals surface area (Å²) in [6.07, 6.45) is 0. The number of aromatic amines is 1.